The van der Waals surface area contributed by atoms with Gasteiger partial charge >= 0.3 is 0 Å². The molecule has 0 N–H and O–H groups in total. The van der Waals surface area contributed by atoms with Crippen molar-refractivity contribution in [3.63, 3.8) is 0 Å². The minimum Gasteiger partial charge on any atom is -0.301 e. The molecule has 2 atom stereocenters. The molecule has 0 aromatic rings. The summed E-state index contributed by atoms with van der Waals surface area (Å²) in [5.41, 5.74) is -0.0130. The Bertz CT molecular complexity index is 331. The first-order valence-corrected chi connectivity index (χ1v) is 8.22. The Hall–Kier alpha value is 0.140. The standard InChI is InChI=1S/C14H22IN3/c15-18-8-12-6-17(7-13(12)9-18)11-14(10-16)4-2-1-3-5-14/h12-13H,1-9,11H2/t12-,13+. The lowest BCUT2D eigenvalue weighted by atomic mass is 9.75. The molecule has 2 saturated heterocycles. The minimum atomic E-state index is -0.0130. The maximum absolute atomic E-state index is 9.56. The molecule has 3 rings (SSSR count). The van der Waals surface area contributed by atoms with E-state index in [0.29, 0.717) is 0 Å². The number of likely N-dealkylation sites (tertiary alicyclic amines) is 1. The zero-order valence-electron chi connectivity index (χ0n) is 10.9. The molecule has 1 saturated carbocycles. The van der Waals surface area contributed by atoms with Crippen LogP contribution in [0.5, 0.6) is 0 Å². The van der Waals surface area contributed by atoms with Gasteiger partial charge in [0.1, 0.15) is 0 Å². The number of rotatable bonds is 2. The average Bonchev–Trinajstić information content (AvgIpc) is 2.86. The van der Waals surface area contributed by atoms with Crippen LogP contribution in [-0.4, -0.2) is 40.7 Å². The Balaban J connectivity index is 1.59. The summed E-state index contributed by atoms with van der Waals surface area (Å²) in [6, 6.07) is 2.67. The zero-order chi connectivity index (χ0) is 12.6. The van der Waals surface area contributed by atoms with Gasteiger partial charge in [-0.25, -0.2) is 3.11 Å². The van der Waals surface area contributed by atoms with Crippen LogP contribution in [0.1, 0.15) is 32.1 Å². The summed E-state index contributed by atoms with van der Waals surface area (Å²) in [4.78, 5) is 2.59. The third kappa shape index (κ3) is 2.54. The highest BCUT2D eigenvalue weighted by atomic mass is 127. The number of hydrogen-bond donors (Lipinski definition) is 0. The molecular formula is C14H22IN3. The van der Waals surface area contributed by atoms with Crippen molar-refractivity contribution in [1.82, 2.24) is 8.01 Å². The van der Waals surface area contributed by atoms with Gasteiger partial charge in [-0.05, 0) is 24.7 Å². The van der Waals surface area contributed by atoms with Crippen LogP contribution in [0.25, 0.3) is 0 Å². The van der Waals surface area contributed by atoms with E-state index in [2.05, 4.69) is 36.9 Å². The number of hydrogen-bond acceptors (Lipinski definition) is 3. The van der Waals surface area contributed by atoms with Gasteiger partial charge in [0.05, 0.1) is 11.5 Å². The van der Waals surface area contributed by atoms with E-state index in [0.717, 1.165) is 31.2 Å². The van der Waals surface area contributed by atoms with Gasteiger partial charge < -0.3 is 4.90 Å². The molecule has 0 aromatic heterocycles. The molecule has 2 aliphatic heterocycles. The van der Waals surface area contributed by atoms with Gasteiger partial charge in [-0.15, -0.1) is 0 Å². The lowest BCUT2D eigenvalue weighted by molar-refractivity contribution is 0.165. The zero-order valence-corrected chi connectivity index (χ0v) is 13.1. The molecule has 0 radical (unpaired) electrons. The van der Waals surface area contributed by atoms with Crippen LogP contribution in [0.15, 0.2) is 0 Å². The lowest BCUT2D eigenvalue weighted by Crippen LogP contribution is -2.38. The summed E-state index contributed by atoms with van der Waals surface area (Å²) in [5.74, 6) is 1.72. The van der Waals surface area contributed by atoms with E-state index < -0.39 is 0 Å². The summed E-state index contributed by atoms with van der Waals surface area (Å²) < 4.78 is 2.44. The van der Waals surface area contributed by atoms with Gasteiger partial charge in [0, 0.05) is 55.6 Å². The largest absolute Gasteiger partial charge is 0.301 e. The van der Waals surface area contributed by atoms with Crippen molar-refractivity contribution in [2.45, 2.75) is 32.1 Å². The number of fused-ring (bicyclic) bond motifs is 1. The summed E-state index contributed by atoms with van der Waals surface area (Å²) in [6.07, 6.45) is 6.12. The monoisotopic (exact) mass is 359 g/mol. The van der Waals surface area contributed by atoms with Crippen molar-refractivity contribution in [3.05, 3.63) is 0 Å². The summed E-state index contributed by atoms with van der Waals surface area (Å²) in [6.45, 7) is 6.00. The van der Waals surface area contributed by atoms with E-state index in [1.165, 1.54) is 45.4 Å². The molecule has 0 amide bonds. The quantitative estimate of drug-likeness (QED) is 0.561. The van der Waals surface area contributed by atoms with Gasteiger partial charge in [-0.1, -0.05) is 19.3 Å². The Kier molecular flexibility index (Phi) is 3.84. The summed E-state index contributed by atoms with van der Waals surface area (Å²) in [5, 5.41) is 9.56. The normalized spacial score (nSPS) is 36.4. The molecule has 18 heavy (non-hydrogen) atoms. The predicted molar refractivity (Wildman–Crippen MR) is 80.1 cm³/mol. The van der Waals surface area contributed by atoms with E-state index in [9.17, 15) is 5.26 Å². The maximum Gasteiger partial charge on any atom is 0.0703 e. The Morgan fingerprint density at radius 1 is 1.06 bits per heavy atom. The second kappa shape index (κ2) is 5.26. The maximum atomic E-state index is 9.56. The van der Waals surface area contributed by atoms with Gasteiger partial charge in [-0.3, -0.25) is 0 Å². The van der Waals surface area contributed by atoms with E-state index in [4.69, 9.17) is 0 Å². The van der Waals surface area contributed by atoms with Crippen molar-refractivity contribution < 1.29 is 0 Å². The van der Waals surface area contributed by atoms with Gasteiger partial charge in [0.15, 0.2) is 0 Å². The topological polar surface area (TPSA) is 30.3 Å². The fourth-order valence-corrected chi connectivity index (χ4v) is 5.14. The molecule has 4 heteroatoms. The van der Waals surface area contributed by atoms with Crippen LogP contribution in [0.4, 0.5) is 0 Å². The molecule has 0 bridgehead atoms. The fourth-order valence-electron chi connectivity index (χ4n) is 4.12. The minimum absolute atomic E-state index is 0.0130. The first-order valence-electron chi connectivity index (χ1n) is 7.25. The van der Waals surface area contributed by atoms with Crippen LogP contribution in [0, 0.1) is 28.6 Å². The first kappa shape index (κ1) is 13.1. The van der Waals surface area contributed by atoms with Crippen molar-refractivity contribution in [2.24, 2.45) is 17.3 Å². The smallest absolute Gasteiger partial charge is 0.0703 e. The van der Waals surface area contributed by atoms with E-state index in [-0.39, 0.29) is 5.41 Å². The van der Waals surface area contributed by atoms with E-state index >= 15 is 0 Å². The van der Waals surface area contributed by atoms with Crippen LogP contribution < -0.4 is 0 Å². The fraction of sp³-hybridized carbons (Fsp3) is 0.929. The second-order valence-corrected chi connectivity index (χ2v) is 7.86. The van der Waals surface area contributed by atoms with Crippen molar-refractivity contribution in [1.29, 1.82) is 5.26 Å². The van der Waals surface area contributed by atoms with Gasteiger partial charge in [0.25, 0.3) is 0 Å². The highest BCUT2D eigenvalue weighted by molar-refractivity contribution is 14.1. The van der Waals surface area contributed by atoms with Gasteiger partial charge in [0.2, 0.25) is 0 Å². The first-order chi connectivity index (χ1) is 8.71. The van der Waals surface area contributed by atoms with Crippen molar-refractivity contribution >= 4 is 22.9 Å². The van der Waals surface area contributed by atoms with Crippen molar-refractivity contribution in [3.8, 4) is 6.07 Å². The molecule has 0 unspecified atom stereocenters. The predicted octanol–water partition coefficient (Wildman–Crippen LogP) is 2.67. The van der Waals surface area contributed by atoms with Crippen LogP contribution >= 0.6 is 22.9 Å². The molecule has 2 heterocycles. The van der Waals surface area contributed by atoms with E-state index in [1.54, 1.807) is 0 Å². The second-order valence-electron chi connectivity index (χ2n) is 6.49. The molecule has 100 valence electrons. The molecule has 0 aromatic carbocycles. The highest BCUT2D eigenvalue weighted by Gasteiger charge is 2.42. The van der Waals surface area contributed by atoms with E-state index in [1.807, 2.05) is 0 Å². The lowest BCUT2D eigenvalue weighted by Gasteiger charge is -2.34. The van der Waals surface area contributed by atoms with Crippen LogP contribution in [0.3, 0.4) is 0 Å². The molecule has 1 aliphatic carbocycles. The molecule has 3 nitrogen and oxygen atoms in total. The third-order valence-electron chi connectivity index (χ3n) is 5.09. The van der Waals surface area contributed by atoms with Crippen LogP contribution in [-0.2, 0) is 0 Å². The summed E-state index contributed by atoms with van der Waals surface area (Å²) in [7, 11) is 0. The Morgan fingerprint density at radius 3 is 2.22 bits per heavy atom. The van der Waals surface area contributed by atoms with Gasteiger partial charge in [-0.2, -0.15) is 5.26 Å². The average molecular weight is 359 g/mol. The number of nitriles is 1. The molecule has 0 spiro atoms. The Labute approximate surface area is 124 Å². The SMILES string of the molecule is N#CC1(CN2C[C@H]3CN(I)C[C@H]3C2)CCCCC1. The Morgan fingerprint density at radius 2 is 1.67 bits per heavy atom. The molecular weight excluding hydrogens is 337 g/mol. The van der Waals surface area contributed by atoms with Crippen LogP contribution in [0.2, 0.25) is 0 Å². The highest BCUT2D eigenvalue weighted by Crippen LogP contribution is 2.39. The van der Waals surface area contributed by atoms with Crippen molar-refractivity contribution in [2.75, 3.05) is 32.7 Å². The molecule has 3 aliphatic rings. The molecule has 3 fully saturated rings. The third-order valence-corrected chi connectivity index (χ3v) is 5.88. The number of halogens is 1. The number of nitrogens with zero attached hydrogens (tertiary/aromatic N) is 3. The summed E-state index contributed by atoms with van der Waals surface area (Å²) >= 11 is 2.45.